The van der Waals surface area contributed by atoms with Crippen molar-refractivity contribution < 1.29 is 24.0 Å². The zero-order valence-corrected chi connectivity index (χ0v) is 12.0. The van der Waals surface area contributed by atoms with Gasteiger partial charge < -0.3 is 9.84 Å². The van der Waals surface area contributed by atoms with Crippen LogP contribution >= 0.6 is 0 Å². The van der Waals surface area contributed by atoms with Crippen LogP contribution in [0.5, 0.6) is 5.75 Å². The highest BCUT2D eigenvalue weighted by molar-refractivity contribution is 5.76. The second kappa shape index (κ2) is 7.35. The standard InChI is InChI=1S/C16H14FNO5/c17-12-2-1-3-14(10-12)23-9-8-15(16(19)20)11-4-6-13(7-5-11)18(21)22/h1-7,10,15H,8-9H2,(H,19,20). The molecule has 0 fully saturated rings. The molecule has 0 aliphatic rings. The predicted octanol–water partition coefficient (Wildman–Crippen LogP) is 3.37. The van der Waals surface area contributed by atoms with Crippen LogP contribution < -0.4 is 4.74 Å². The van der Waals surface area contributed by atoms with Crippen molar-refractivity contribution in [3.8, 4) is 5.75 Å². The van der Waals surface area contributed by atoms with Gasteiger partial charge in [-0.25, -0.2) is 4.39 Å². The number of nitrogens with zero attached hydrogens (tertiary/aromatic N) is 1. The molecule has 2 aromatic carbocycles. The van der Waals surface area contributed by atoms with Crippen molar-refractivity contribution in [1.29, 1.82) is 0 Å². The number of ether oxygens (including phenoxy) is 1. The number of nitro groups is 1. The van der Waals surface area contributed by atoms with Gasteiger partial charge in [-0.2, -0.15) is 0 Å². The highest BCUT2D eigenvalue weighted by atomic mass is 19.1. The number of carboxylic acids is 1. The van der Waals surface area contributed by atoms with E-state index in [-0.39, 0.29) is 18.7 Å². The maximum atomic E-state index is 13.0. The van der Waals surface area contributed by atoms with Crippen LogP contribution in [-0.2, 0) is 4.79 Å². The smallest absolute Gasteiger partial charge is 0.311 e. The lowest BCUT2D eigenvalue weighted by molar-refractivity contribution is -0.384. The minimum absolute atomic E-state index is 0.0808. The molecule has 0 saturated heterocycles. The summed E-state index contributed by atoms with van der Waals surface area (Å²) in [7, 11) is 0. The lowest BCUT2D eigenvalue weighted by Gasteiger charge is -2.13. The first-order valence-corrected chi connectivity index (χ1v) is 6.83. The maximum Gasteiger partial charge on any atom is 0.311 e. The molecular formula is C16H14FNO5. The fourth-order valence-corrected chi connectivity index (χ4v) is 2.11. The van der Waals surface area contributed by atoms with Crippen molar-refractivity contribution in [3.05, 3.63) is 70.0 Å². The largest absolute Gasteiger partial charge is 0.493 e. The number of carbonyl (C=O) groups is 1. The summed E-state index contributed by atoms with van der Waals surface area (Å²) in [5.74, 6) is -2.03. The fraction of sp³-hybridized carbons (Fsp3) is 0.188. The zero-order chi connectivity index (χ0) is 16.8. The van der Waals surface area contributed by atoms with E-state index in [0.717, 1.165) is 0 Å². The van der Waals surface area contributed by atoms with Crippen LogP contribution in [0.25, 0.3) is 0 Å². The van der Waals surface area contributed by atoms with E-state index < -0.39 is 22.6 Å². The van der Waals surface area contributed by atoms with E-state index in [9.17, 15) is 24.4 Å². The van der Waals surface area contributed by atoms with Crippen LogP contribution in [0.15, 0.2) is 48.5 Å². The van der Waals surface area contributed by atoms with Gasteiger partial charge >= 0.3 is 5.97 Å². The van der Waals surface area contributed by atoms with Crippen LogP contribution in [0, 0.1) is 15.9 Å². The first-order chi connectivity index (χ1) is 11.0. The molecule has 0 spiro atoms. The number of hydrogen-bond acceptors (Lipinski definition) is 4. The Labute approximate surface area is 131 Å². The SMILES string of the molecule is O=C(O)C(CCOc1cccc(F)c1)c1ccc([N+](=O)[O-])cc1. The third-order valence-corrected chi connectivity index (χ3v) is 3.28. The van der Waals surface area contributed by atoms with Crippen LogP contribution in [0.2, 0.25) is 0 Å². The summed E-state index contributed by atoms with van der Waals surface area (Å²) < 4.78 is 18.4. The van der Waals surface area contributed by atoms with E-state index in [1.165, 1.54) is 42.5 Å². The second-order valence-electron chi connectivity index (χ2n) is 4.83. The first kappa shape index (κ1) is 16.4. The van der Waals surface area contributed by atoms with Crippen LogP contribution in [0.4, 0.5) is 10.1 Å². The van der Waals surface area contributed by atoms with Crippen LogP contribution in [0.1, 0.15) is 17.9 Å². The van der Waals surface area contributed by atoms with Gasteiger partial charge in [-0.3, -0.25) is 14.9 Å². The topological polar surface area (TPSA) is 89.7 Å². The lowest BCUT2D eigenvalue weighted by atomic mass is 9.96. The zero-order valence-electron chi connectivity index (χ0n) is 12.0. The van der Waals surface area contributed by atoms with E-state index >= 15 is 0 Å². The van der Waals surface area contributed by atoms with E-state index in [0.29, 0.717) is 11.3 Å². The van der Waals surface area contributed by atoms with Crippen molar-refractivity contribution in [2.24, 2.45) is 0 Å². The molecule has 6 nitrogen and oxygen atoms in total. The lowest BCUT2D eigenvalue weighted by Crippen LogP contribution is -2.15. The number of nitro benzene ring substituents is 1. The second-order valence-corrected chi connectivity index (χ2v) is 4.83. The molecule has 0 bridgehead atoms. The Morgan fingerprint density at radius 2 is 1.96 bits per heavy atom. The summed E-state index contributed by atoms with van der Waals surface area (Å²) in [6, 6.07) is 10.9. The number of hydrogen-bond donors (Lipinski definition) is 1. The van der Waals surface area contributed by atoms with Crippen molar-refractivity contribution >= 4 is 11.7 Å². The Bertz CT molecular complexity index is 702. The van der Waals surface area contributed by atoms with Crippen LogP contribution in [-0.4, -0.2) is 22.6 Å². The number of rotatable bonds is 7. The maximum absolute atomic E-state index is 13.0. The molecule has 2 aromatic rings. The summed E-state index contributed by atoms with van der Waals surface area (Å²) in [4.78, 5) is 21.4. The molecule has 23 heavy (non-hydrogen) atoms. The van der Waals surface area contributed by atoms with Gasteiger partial charge in [-0.05, 0) is 24.1 Å². The molecule has 1 unspecified atom stereocenters. The molecule has 0 amide bonds. The molecule has 0 radical (unpaired) electrons. The van der Waals surface area contributed by atoms with Crippen molar-refractivity contribution in [3.63, 3.8) is 0 Å². The molecule has 0 aliphatic heterocycles. The molecule has 0 heterocycles. The summed E-state index contributed by atoms with van der Waals surface area (Å²) in [5.41, 5.74) is 0.347. The Balaban J connectivity index is 2.01. The van der Waals surface area contributed by atoms with Gasteiger partial charge in [0.2, 0.25) is 0 Å². The van der Waals surface area contributed by atoms with E-state index in [1.807, 2.05) is 0 Å². The quantitative estimate of drug-likeness (QED) is 0.624. The molecule has 120 valence electrons. The minimum atomic E-state index is -1.05. The first-order valence-electron chi connectivity index (χ1n) is 6.83. The summed E-state index contributed by atoms with van der Waals surface area (Å²) in [6.45, 7) is 0.0808. The van der Waals surface area contributed by atoms with Crippen molar-refractivity contribution in [1.82, 2.24) is 0 Å². The third-order valence-electron chi connectivity index (χ3n) is 3.28. The predicted molar refractivity (Wildman–Crippen MR) is 80.0 cm³/mol. The molecule has 0 saturated carbocycles. The third kappa shape index (κ3) is 4.50. The van der Waals surface area contributed by atoms with Crippen molar-refractivity contribution in [2.45, 2.75) is 12.3 Å². The van der Waals surface area contributed by atoms with Crippen LogP contribution in [0.3, 0.4) is 0 Å². The summed E-state index contributed by atoms with van der Waals surface area (Å²) in [6.07, 6.45) is 0.156. The van der Waals surface area contributed by atoms with E-state index in [1.54, 1.807) is 6.07 Å². The number of halogens is 1. The summed E-state index contributed by atoms with van der Waals surface area (Å²) in [5, 5.41) is 19.9. The Hall–Kier alpha value is -2.96. The molecule has 7 heteroatoms. The minimum Gasteiger partial charge on any atom is -0.493 e. The van der Waals surface area contributed by atoms with Gasteiger partial charge in [0, 0.05) is 18.2 Å². The average molecular weight is 319 g/mol. The van der Waals surface area contributed by atoms with Gasteiger partial charge in [-0.15, -0.1) is 0 Å². The molecule has 0 aromatic heterocycles. The normalized spacial score (nSPS) is 11.7. The van der Waals surface area contributed by atoms with E-state index in [4.69, 9.17) is 4.74 Å². The number of carboxylic acid groups (broad SMARTS) is 1. The number of non-ortho nitro benzene ring substituents is 1. The highest BCUT2D eigenvalue weighted by Crippen LogP contribution is 2.23. The average Bonchev–Trinajstić information content (AvgIpc) is 2.51. The highest BCUT2D eigenvalue weighted by Gasteiger charge is 2.20. The fourth-order valence-electron chi connectivity index (χ4n) is 2.11. The van der Waals surface area contributed by atoms with Gasteiger partial charge in [0.1, 0.15) is 11.6 Å². The van der Waals surface area contributed by atoms with Crippen molar-refractivity contribution in [2.75, 3.05) is 6.61 Å². The van der Waals surface area contributed by atoms with Gasteiger partial charge in [0.05, 0.1) is 17.4 Å². The van der Waals surface area contributed by atoms with Gasteiger partial charge in [0.15, 0.2) is 0 Å². The Morgan fingerprint density at radius 1 is 1.26 bits per heavy atom. The summed E-state index contributed by atoms with van der Waals surface area (Å²) >= 11 is 0. The molecule has 1 N–H and O–H groups in total. The van der Waals surface area contributed by atoms with Gasteiger partial charge in [-0.1, -0.05) is 18.2 Å². The molecular weight excluding hydrogens is 305 g/mol. The van der Waals surface area contributed by atoms with Gasteiger partial charge in [0.25, 0.3) is 5.69 Å². The molecule has 2 rings (SSSR count). The molecule has 1 atom stereocenters. The monoisotopic (exact) mass is 319 g/mol. The number of aliphatic carboxylic acids is 1. The molecule has 0 aliphatic carbocycles. The van der Waals surface area contributed by atoms with E-state index in [2.05, 4.69) is 0 Å². The Morgan fingerprint density at radius 3 is 2.52 bits per heavy atom. The Kier molecular flexibility index (Phi) is 5.24. The number of benzene rings is 2.